The van der Waals surface area contributed by atoms with E-state index in [4.69, 9.17) is 10.5 Å². The number of nitrogen functional groups attached to an aromatic ring is 1. The van der Waals surface area contributed by atoms with Crippen molar-refractivity contribution in [2.75, 3.05) is 12.3 Å². The lowest BCUT2D eigenvalue weighted by Gasteiger charge is -2.43. The number of hydrogen-bond donors (Lipinski definition) is 3. The van der Waals surface area contributed by atoms with Gasteiger partial charge in [0.2, 0.25) is 0 Å². The number of aromatic nitrogens is 4. The van der Waals surface area contributed by atoms with Gasteiger partial charge in [-0.15, -0.1) is 0 Å². The first-order valence-electron chi connectivity index (χ1n) is 8.77. The Morgan fingerprint density at radius 1 is 1.40 bits per heavy atom. The van der Waals surface area contributed by atoms with Crippen LogP contribution in [0.4, 0.5) is 5.82 Å². The molecule has 1 fully saturated rings. The third kappa shape index (κ3) is 2.84. The molecule has 9 heteroatoms. The monoisotopic (exact) mass is 365 g/mol. The summed E-state index contributed by atoms with van der Waals surface area (Å²) in [5.74, 6) is 0.323. The lowest BCUT2D eigenvalue weighted by Crippen LogP contribution is -2.56. The summed E-state index contributed by atoms with van der Waals surface area (Å²) in [6.07, 6.45) is 4.37. The van der Waals surface area contributed by atoms with Crippen molar-refractivity contribution in [2.24, 2.45) is 0 Å². The molecule has 0 bridgehead atoms. The second-order valence-electron chi connectivity index (χ2n) is 7.43. The minimum atomic E-state index is -2.05. The molecule has 2 aromatic heterocycles. The molecule has 0 radical (unpaired) electrons. The highest BCUT2D eigenvalue weighted by Gasteiger charge is 2.57. The summed E-state index contributed by atoms with van der Waals surface area (Å²) < 4.78 is 8.27. The van der Waals surface area contributed by atoms with Crippen LogP contribution in [0.15, 0.2) is 12.7 Å². The molecular weight excluding hydrogens is 338 g/mol. The average Bonchev–Trinajstić information content (AvgIpc) is 3.16. The Morgan fingerprint density at radius 3 is 2.80 bits per heavy atom. The molecule has 0 spiro atoms. The van der Waals surface area contributed by atoms with Gasteiger partial charge in [-0.25, -0.2) is 15.0 Å². The largest absolute Gasteiger partial charge is 0.394 e. The van der Waals surface area contributed by atoms with E-state index in [2.05, 4.69) is 35.0 Å². The summed E-state index contributed by atoms with van der Waals surface area (Å²) in [4.78, 5) is 12.8. The molecule has 1 saturated heterocycles. The van der Waals surface area contributed by atoms with Crippen molar-refractivity contribution in [1.82, 2.24) is 19.5 Å². The van der Waals surface area contributed by atoms with Crippen LogP contribution < -0.4 is 5.73 Å². The number of anilines is 1. The maximum atomic E-state index is 10.5. The number of imidazole rings is 1. The van der Waals surface area contributed by atoms with Crippen LogP contribution in [-0.4, -0.2) is 56.6 Å². The summed E-state index contributed by atoms with van der Waals surface area (Å²) in [5.41, 5.74) is 7.08. The van der Waals surface area contributed by atoms with Gasteiger partial charge in [0.15, 0.2) is 11.5 Å². The Balaban J connectivity index is 2.16. The van der Waals surface area contributed by atoms with Crippen molar-refractivity contribution in [3.8, 4) is 0 Å². The molecular formula is C16H27N5O3Si. The number of nitrogens with zero attached hydrogens (tertiary/aromatic N) is 4. The van der Waals surface area contributed by atoms with E-state index in [1.165, 1.54) is 6.33 Å². The molecule has 0 unspecified atom stereocenters. The number of aliphatic hydroxyl groups excluding tert-OH is 2. The third-order valence-corrected chi connectivity index (χ3v) is 9.69. The van der Waals surface area contributed by atoms with Crippen molar-refractivity contribution in [3.63, 3.8) is 0 Å². The number of rotatable bonds is 6. The van der Waals surface area contributed by atoms with Crippen molar-refractivity contribution in [3.05, 3.63) is 12.7 Å². The van der Waals surface area contributed by atoms with Gasteiger partial charge in [-0.1, -0.05) is 38.9 Å². The van der Waals surface area contributed by atoms with Gasteiger partial charge in [0.05, 0.1) is 19.0 Å². The molecule has 1 aliphatic rings. The van der Waals surface area contributed by atoms with Crippen LogP contribution in [0.5, 0.6) is 0 Å². The first-order chi connectivity index (χ1) is 11.9. The van der Waals surface area contributed by atoms with Gasteiger partial charge < -0.3 is 20.7 Å². The molecule has 0 amide bonds. The number of fused-ring (bicyclic) bond motifs is 1. The molecule has 8 nitrogen and oxygen atoms in total. The van der Waals surface area contributed by atoms with Gasteiger partial charge in [-0.05, 0) is 0 Å². The van der Waals surface area contributed by atoms with Crippen LogP contribution in [0.2, 0.25) is 19.1 Å². The fourth-order valence-corrected chi connectivity index (χ4v) is 7.48. The zero-order valence-electron chi connectivity index (χ0n) is 15.0. The fraction of sp³-hybridized carbons (Fsp3) is 0.688. The van der Waals surface area contributed by atoms with Crippen molar-refractivity contribution in [2.45, 2.75) is 62.9 Å². The lowest BCUT2D eigenvalue weighted by atomic mass is 10.2. The fourth-order valence-electron chi connectivity index (χ4n) is 3.80. The highest BCUT2D eigenvalue weighted by Crippen LogP contribution is 2.46. The summed E-state index contributed by atoms with van der Waals surface area (Å²) in [6, 6.07) is 1.04. The third-order valence-electron chi connectivity index (χ3n) is 5.41. The van der Waals surface area contributed by atoms with Crippen LogP contribution in [0.1, 0.15) is 26.2 Å². The number of aliphatic hydroxyl groups is 2. The Morgan fingerprint density at radius 2 is 2.16 bits per heavy atom. The van der Waals surface area contributed by atoms with Gasteiger partial charge in [0.25, 0.3) is 0 Å². The molecule has 3 heterocycles. The SMILES string of the molecule is CCCC[Si](C)(C)[C@]1(n2cnc3c(N)ncnc32)C[C@H](O)[C@@H](CO)O1. The summed E-state index contributed by atoms with van der Waals surface area (Å²) in [6.45, 7) is 6.46. The zero-order valence-corrected chi connectivity index (χ0v) is 16.0. The zero-order chi connectivity index (χ0) is 18.2. The van der Waals surface area contributed by atoms with E-state index in [-0.39, 0.29) is 6.61 Å². The lowest BCUT2D eigenvalue weighted by molar-refractivity contribution is -0.0727. The molecule has 0 aliphatic carbocycles. The Kier molecular flexibility index (Phi) is 4.84. The highest BCUT2D eigenvalue weighted by atomic mass is 28.3. The molecule has 25 heavy (non-hydrogen) atoms. The molecule has 1 aliphatic heterocycles. The van der Waals surface area contributed by atoms with Crippen LogP contribution >= 0.6 is 0 Å². The number of unbranched alkanes of at least 4 members (excludes halogenated alkanes) is 1. The number of nitrogens with two attached hydrogens (primary N) is 1. The topological polar surface area (TPSA) is 119 Å². The van der Waals surface area contributed by atoms with Crippen molar-refractivity contribution < 1.29 is 14.9 Å². The van der Waals surface area contributed by atoms with E-state index < -0.39 is 25.6 Å². The minimum Gasteiger partial charge on any atom is -0.394 e. The first kappa shape index (κ1) is 18.2. The Labute approximate surface area is 148 Å². The molecule has 3 rings (SSSR count). The summed E-state index contributed by atoms with van der Waals surface area (Å²) in [5, 5.41) is 19.4. The van der Waals surface area contributed by atoms with Crippen molar-refractivity contribution >= 4 is 25.1 Å². The van der Waals surface area contributed by atoms with Gasteiger partial charge in [0, 0.05) is 6.42 Å². The number of ether oxygens (including phenoxy) is 1. The maximum absolute atomic E-state index is 10.5. The van der Waals surface area contributed by atoms with Gasteiger partial charge in [-0.3, -0.25) is 4.57 Å². The molecule has 138 valence electrons. The molecule has 4 N–H and O–H groups in total. The maximum Gasteiger partial charge on any atom is 0.167 e. The van der Waals surface area contributed by atoms with E-state index >= 15 is 0 Å². The van der Waals surface area contributed by atoms with E-state index in [1.807, 2.05) is 4.57 Å². The Hall–Kier alpha value is -1.55. The average molecular weight is 366 g/mol. The van der Waals surface area contributed by atoms with E-state index in [1.54, 1.807) is 6.33 Å². The first-order valence-corrected chi connectivity index (χ1v) is 12.0. The van der Waals surface area contributed by atoms with Gasteiger partial charge >= 0.3 is 0 Å². The van der Waals surface area contributed by atoms with Crippen LogP contribution in [0, 0.1) is 0 Å². The smallest absolute Gasteiger partial charge is 0.167 e. The van der Waals surface area contributed by atoms with Crippen LogP contribution in [0.3, 0.4) is 0 Å². The standard InChI is InChI=1S/C16H27N5O3Si/c1-4-5-6-25(2,3)16(7-11(23)12(8-22)24-16)21-10-20-13-14(17)18-9-19-15(13)21/h9-12,22-23H,4-8H2,1-3H3,(H2,17,18,19)/t11-,12+,16-/m0/s1. The quantitative estimate of drug-likeness (QED) is 0.659. The summed E-state index contributed by atoms with van der Waals surface area (Å²) in [7, 11) is -2.05. The van der Waals surface area contributed by atoms with E-state index in [0.717, 1.165) is 18.9 Å². The normalized spacial score (nSPS) is 27.2. The molecule has 3 atom stereocenters. The summed E-state index contributed by atoms with van der Waals surface area (Å²) >= 11 is 0. The number of hydrogen-bond acceptors (Lipinski definition) is 7. The Bertz CT molecular complexity index is 752. The van der Waals surface area contributed by atoms with E-state index in [0.29, 0.717) is 23.4 Å². The molecule has 2 aromatic rings. The van der Waals surface area contributed by atoms with Gasteiger partial charge in [0.1, 0.15) is 31.4 Å². The van der Waals surface area contributed by atoms with Crippen LogP contribution in [0.25, 0.3) is 11.2 Å². The van der Waals surface area contributed by atoms with Crippen LogP contribution in [-0.2, 0) is 10.1 Å². The second-order valence-corrected chi connectivity index (χ2v) is 12.5. The predicted molar refractivity (Wildman–Crippen MR) is 97.5 cm³/mol. The van der Waals surface area contributed by atoms with E-state index in [9.17, 15) is 10.2 Å². The molecule has 0 aromatic carbocycles. The second kappa shape index (κ2) is 6.64. The highest BCUT2D eigenvalue weighted by molar-refractivity contribution is 6.79. The van der Waals surface area contributed by atoms with Crippen molar-refractivity contribution in [1.29, 1.82) is 0 Å². The minimum absolute atomic E-state index is 0.217. The van der Waals surface area contributed by atoms with Gasteiger partial charge in [-0.2, -0.15) is 0 Å². The molecule has 0 saturated carbocycles. The predicted octanol–water partition coefficient (Wildman–Crippen LogP) is 1.25.